The normalized spacial score (nSPS) is 11.5. The summed E-state index contributed by atoms with van der Waals surface area (Å²) in [5, 5.41) is 10.7. The Morgan fingerprint density at radius 3 is 2.75 bits per heavy atom. The summed E-state index contributed by atoms with van der Waals surface area (Å²) in [6.07, 6.45) is 3.24. The Bertz CT molecular complexity index is 1160. The number of furan rings is 1. The van der Waals surface area contributed by atoms with Gasteiger partial charge in [-0.1, -0.05) is 6.92 Å². The lowest BCUT2D eigenvalue weighted by Gasteiger charge is -2.06. The maximum atomic E-state index is 10.7. The van der Waals surface area contributed by atoms with Crippen molar-refractivity contribution in [2.24, 2.45) is 4.99 Å². The standard InChI is InChI=1S/C20H16N4O3S/c1-2-28-17-7-4-15(5-8-17)23-13-22-18-11-14(3-9-19(18)23)21-12-16-6-10-20(27-16)24(25)26/h3-13H,2H2,1H3. The number of fused-ring (bicyclic) bond motifs is 1. The van der Waals surface area contributed by atoms with E-state index < -0.39 is 4.92 Å². The van der Waals surface area contributed by atoms with Crippen molar-refractivity contribution in [1.29, 1.82) is 0 Å². The molecule has 0 atom stereocenters. The summed E-state index contributed by atoms with van der Waals surface area (Å²) in [5.41, 5.74) is 3.52. The molecule has 0 saturated carbocycles. The van der Waals surface area contributed by atoms with Crippen LogP contribution in [-0.4, -0.2) is 26.4 Å². The van der Waals surface area contributed by atoms with Gasteiger partial charge >= 0.3 is 5.88 Å². The molecule has 0 N–H and O–H groups in total. The van der Waals surface area contributed by atoms with Crippen LogP contribution in [0.1, 0.15) is 12.7 Å². The minimum atomic E-state index is -0.580. The molecule has 0 bridgehead atoms. The van der Waals surface area contributed by atoms with Crippen LogP contribution in [0.25, 0.3) is 16.7 Å². The average Bonchev–Trinajstić information content (AvgIpc) is 3.34. The molecule has 140 valence electrons. The molecule has 0 spiro atoms. The van der Waals surface area contributed by atoms with E-state index in [2.05, 4.69) is 41.2 Å². The summed E-state index contributed by atoms with van der Waals surface area (Å²) >= 11 is 1.81. The first-order chi connectivity index (χ1) is 13.6. The number of benzene rings is 2. The molecular formula is C20H16N4O3S. The van der Waals surface area contributed by atoms with Crippen molar-refractivity contribution in [2.45, 2.75) is 11.8 Å². The van der Waals surface area contributed by atoms with E-state index in [1.54, 1.807) is 6.33 Å². The molecule has 28 heavy (non-hydrogen) atoms. The molecule has 2 heterocycles. The first-order valence-electron chi connectivity index (χ1n) is 8.62. The molecule has 4 rings (SSSR count). The van der Waals surface area contributed by atoms with Crippen LogP contribution in [0.4, 0.5) is 11.6 Å². The molecule has 7 nitrogen and oxygen atoms in total. The predicted molar refractivity (Wildman–Crippen MR) is 110 cm³/mol. The van der Waals surface area contributed by atoms with E-state index in [1.165, 1.54) is 23.2 Å². The van der Waals surface area contributed by atoms with Crippen molar-refractivity contribution in [2.75, 3.05) is 5.75 Å². The molecule has 0 aliphatic heterocycles. The maximum absolute atomic E-state index is 10.7. The Morgan fingerprint density at radius 1 is 1.21 bits per heavy atom. The molecule has 0 radical (unpaired) electrons. The van der Waals surface area contributed by atoms with Gasteiger partial charge in [-0.05, 0) is 54.3 Å². The minimum absolute atomic E-state index is 0.306. The van der Waals surface area contributed by atoms with Crippen molar-refractivity contribution in [1.82, 2.24) is 9.55 Å². The van der Waals surface area contributed by atoms with Crippen molar-refractivity contribution in [3.8, 4) is 5.69 Å². The first kappa shape index (κ1) is 18.0. The van der Waals surface area contributed by atoms with E-state index in [0.717, 1.165) is 22.5 Å². The topological polar surface area (TPSA) is 86.5 Å². The van der Waals surface area contributed by atoms with E-state index in [-0.39, 0.29) is 5.88 Å². The smallest absolute Gasteiger partial charge is 0.400 e. The fourth-order valence-corrected chi connectivity index (χ4v) is 3.47. The zero-order chi connectivity index (χ0) is 19.5. The van der Waals surface area contributed by atoms with Crippen LogP contribution in [0.2, 0.25) is 0 Å². The van der Waals surface area contributed by atoms with E-state index in [1.807, 2.05) is 34.5 Å². The molecule has 4 aromatic rings. The van der Waals surface area contributed by atoms with Gasteiger partial charge in [0.15, 0.2) is 5.76 Å². The van der Waals surface area contributed by atoms with Crippen LogP contribution in [0.15, 0.2) is 75.2 Å². The molecule has 0 aliphatic carbocycles. The second-order valence-electron chi connectivity index (χ2n) is 5.91. The molecule has 0 unspecified atom stereocenters. The summed E-state index contributed by atoms with van der Waals surface area (Å²) in [6, 6.07) is 16.9. The Hall–Kier alpha value is -3.39. The molecule has 2 aromatic heterocycles. The van der Waals surface area contributed by atoms with Crippen LogP contribution in [0.3, 0.4) is 0 Å². The highest BCUT2D eigenvalue weighted by Crippen LogP contribution is 2.25. The lowest BCUT2D eigenvalue weighted by Crippen LogP contribution is -1.91. The van der Waals surface area contributed by atoms with Crippen molar-refractivity contribution in [3.05, 3.63) is 76.8 Å². The fourth-order valence-electron chi connectivity index (χ4n) is 2.80. The summed E-state index contributed by atoms with van der Waals surface area (Å²) in [4.78, 5) is 20.1. The SMILES string of the molecule is CCSc1ccc(-n2cnc3cc(N=Cc4ccc([N+](=O)[O-])o4)ccc32)cc1. The second-order valence-corrected chi connectivity index (χ2v) is 7.24. The minimum Gasteiger partial charge on any atom is -0.400 e. The Kier molecular flexibility index (Phi) is 4.94. The zero-order valence-corrected chi connectivity index (χ0v) is 15.8. The third-order valence-corrected chi connectivity index (χ3v) is 4.98. The van der Waals surface area contributed by atoms with E-state index in [9.17, 15) is 10.1 Å². The molecule has 0 amide bonds. The molecule has 0 aliphatic rings. The number of imidazole rings is 1. The number of hydrogen-bond donors (Lipinski definition) is 0. The number of aliphatic imine (C=N–C) groups is 1. The number of hydrogen-bond acceptors (Lipinski definition) is 6. The average molecular weight is 392 g/mol. The number of nitrogens with zero attached hydrogens (tertiary/aromatic N) is 4. The highest BCUT2D eigenvalue weighted by Gasteiger charge is 2.10. The van der Waals surface area contributed by atoms with Crippen molar-refractivity contribution < 1.29 is 9.34 Å². The van der Waals surface area contributed by atoms with Gasteiger partial charge in [-0.2, -0.15) is 0 Å². The number of nitro groups is 1. The number of thioether (sulfide) groups is 1. The Morgan fingerprint density at radius 2 is 2.04 bits per heavy atom. The van der Waals surface area contributed by atoms with Gasteiger partial charge < -0.3 is 4.42 Å². The van der Waals surface area contributed by atoms with E-state index in [4.69, 9.17) is 4.42 Å². The van der Waals surface area contributed by atoms with Gasteiger partial charge in [-0.15, -0.1) is 11.8 Å². The van der Waals surface area contributed by atoms with Gasteiger partial charge in [0.2, 0.25) is 0 Å². The lowest BCUT2D eigenvalue weighted by molar-refractivity contribution is -0.402. The molecule has 0 fully saturated rings. The maximum Gasteiger partial charge on any atom is 0.433 e. The molecule has 0 saturated heterocycles. The number of aromatic nitrogens is 2. The largest absolute Gasteiger partial charge is 0.433 e. The van der Waals surface area contributed by atoms with Gasteiger partial charge in [-0.25, -0.2) is 4.98 Å². The Labute approximate surface area is 164 Å². The van der Waals surface area contributed by atoms with E-state index in [0.29, 0.717) is 11.4 Å². The summed E-state index contributed by atoms with van der Waals surface area (Å²) in [5.74, 6) is 1.06. The van der Waals surface area contributed by atoms with Gasteiger partial charge in [0, 0.05) is 10.6 Å². The van der Waals surface area contributed by atoms with Gasteiger partial charge in [0.25, 0.3) is 0 Å². The lowest BCUT2D eigenvalue weighted by atomic mass is 10.2. The summed E-state index contributed by atoms with van der Waals surface area (Å²) in [7, 11) is 0. The van der Waals surface area contributed by atoms with Crippen LogP contribution < -0.4 is 0 Å². The highest BCUT2D eigenvalue weighted by atomic mass is 32.2. The summed E-state index contributed by atoms with van der Waals surface area (Å²) in [6.45, 7) is 2.13. The highest BCUT2D eigenvalue weighted by molar-refractivity contribution is 7.99. The third-order valence-electron chi connectivity index (χ3n) is 4.09. The Balaban J connectivity index is 1.58. The summed E-state index contributed by atoms with van der Waals surface area (Å²) < 4.78 is 7.10. The van der Waals surface area contributed by atoms with Gasteiger partial charge in [0.05, 0.1) is 29.0 Å². The quantitative estimate of drug-likeness (QED) is 0.190. The number of rotatable bonds is 6. The first-order valence-corrected chi connectivity index (χ1v) is 9.61. The third kappa shape index (κ3) is 3.67. The monoisotopic (exact) mass is 392 g/mol. The van der Waals surface area contributed by atoms with Gasteiger partial charge in [-0.3, -0.25) is 19.7 Å². The molecular weight excluding hydrogens is 376 g/mol. The van der Waals surface area contributed by atoms with Crippen LogP contribution in [0, 0.1) is 10.1 Å². The van der Waals surface area contributed by atoms with Gasteiger partial charge in [0.1, 0.15) is 11.3 Å². The van der Waals surface area contributed by atoms with Crippen molar-refractivity contribution in [3.63, 3.8) is 0 Å². The predicted octanol–water partition coefficient (Wildman–Crippen LogP) is 5.39. The van der Waals surface area contributed by atoms with Crippen LogP contribution in [-0.2, 0) is 0 Å². The molecule has 2 aromatic carbocycles. The van der Waals surface area contributed by atoms with E-state index >= 15 is 0 Å². The van der Waals surface area contributed by atoms with Crippen LogP contribution in [0.5, 0.6) is 0 Å². The molecule has 8 heteroatoms. The second kappa shape index (κ2) is 7.69. The zero-order valence-electron chi connectivity index (χ0n) is 15.0. The fraction of sp³-hybridized carbons (Fsp3) is 0.100. The van der Waals surface area contributed by atoms with Crippen molar-refractivity contribution >= 4 is 40.6 Å². The van der Waals surface area contributed by atoms with Crippen LogP contribution >= 0.6 is 11.8 Å².